The number of hydrogen-bond donors (Lipinski definition) is 1. The highest BCUT2D eigenvalue weighted by molar-refractivity contribution is 5.85. The third kappa shape index (κ3) is 4.31. The molecule has 0 heterocycles. The van der Waals surface area contributed by atoms with Crippen LogP contribution in [0.25, 0.3) is 0 Å². The lowest BCUT2D eigenvalue weighted by molar-refractivity contribution is -0.119. The maximum Gasteiger partial charge on any atom is 0.153 e. The summed E-state index contributed by atoms with van der Waals surface area (Å²) in [5, 5.41) is 0. The molecular formula is C15H23NO. The Kier molecular flexibility index (Phi) is 5.36. The van der Waals surface area contributed by atoms with Crippen LogP contribution in [0.5, 0.6) is 0 Å². The highest BCUT2D eigenvalue weighted by Gasteiger charge is 2.12. The van der Waals surface area contributed by atoms with E-state index in [1.807, 2.05) is 19.1 Å². The van der Waals surface area contributed by atoms with Gasteiger partial charge in [-0.2, -0.15) is 0 Å². The summed E-state index contributed by atoms with van der Waals surface area (Å²) in [5.41, 5.74) is 8.17. The van der Waals surface area contributed by atoms with Crippen LogP contribution < -0.4 is 5.73 Å². The van der Waals surface area contributed by atoms with Gasteiger partial charge in [-0.25, -0.2) is 0 Å². The Morgan fingerprint density at radius 1 is 1.24 bits per heavy atom. The molecule has 17 heavy (non-hydrogen) atoms. The predicted octanol–water partition coefficient (Wildman–Crippen LogP) is 3.05. The zero-order valence-corrected chi connectivity index (χ0v) is 11.1. The normalized spacial score (nSPS) is 12.8. The first-order chi connectivity index (χ1) is 8.04. The maximum absolute atomic E-state index is 11.8. The third-order valence-electron chi connectivity index (χ3n) is 3.04. The van der Waals surface area contributed by atoms with Gasteiger partial charge in [0.15, 0.2) is 5.78 Å². The summed E-state index contributed by atoms with van der Waals surface area (Å²) in [7, 11) is 0. The molecule has 1 aromatic carbocycles. The molecule has 0 aliphatic rings. The standard InChI is InChI=1S/C15H23NO/c1-4-5-14(16)15(17)10-12-6-8-13(9-7-12)11(2)3/h6-9,11,14H,4-5,10,16H2,1-3H3. The fraction of sp³-hybridized carbons (Fsp3) is 0.533. The first-order valence-corrected chi connectivity index (χ1v) is 6.41. The van der Waals surface area contributed by atoms with Crippen molar-refractivity contribution in [3.8, 4) is 0 Å². The molecule has 0 radical (unpaired) electrons. The number of nitrogens with two attached hydrogens (primary N) is 1. The third-order valence-corrected chi connectivity index (χ3v) is 3.04. The van der Waals surface area contributed by atoms with Crippen LogP contribution in [-0.4, -0.2) is 11.8 Å². The minimum atomic E-state index is -0.301. The molecule has 1 unspecified atom stereocenters. The summed E-state index contributed by atoms with van der Waals surface area (Å²) in [5.74, 6) is 0.672. The first-order valence-electron chi connectivity index (χ1n) is 6.41. The Balaban J connectivity index is 2.60. The number of ketones is 1. The van der Waals surface area contributed by atoms with Crippen molar-refractivity contribution in [2.45, 2.75) is 52.0 Å². The van der Waals surface area contributed by atoms with Gasteiger partial charge in [-0.05, 0) is 23.5 Å². The van der Waals surface area contributed by atoms with E-state index in [9.17, 15) is 4.79 Å². The van der Waals surface area contributed by atoms with Crippen LogP contribution in [0.1, 0.15) is 50.7 Å². The summed E-state index contributed by atoms with van der Waals surface area (Å²) in [6.07, 6.45) is 2.20. The van der Waals surface area contributed by atoms with Gasteiger partial charge in [0.05, 0.1) is 6.04 Å². The van der Waals surface area contributed by atoms with Crippen LogP contribution in [0.2, 0.25) is 0 Å². The zero-order chi connectivity index (χ0) is 12.8. The summed E-state index contributed by atoms with van der Waals surface area (Å²) in [4.78, 5) is 11.8. The van der Waals surface area contributed by atoms with Crippen molar-refractivity contribution in [3.63, 3.8) is 0 Å². The summed E-state index contributed by atoms with van der Waals surface area (Å²) < 4.78 is 0. The summed E-state index contributed by atoms with van der Waals surface area (Å²) in [6, 6.07) is 7.96. The molecule has 1 rings (SSSR count). The van der Waals surface area contributed by atoms with Crippen molar-refractivity contribution < 1.29 is 4.79 Å². The molecule has 0 amide bonds. The van der Waals surface area contributed by atoms with Gasteiger partial charge < -0.3 is 5.73 Å². The number of rotatable bonds is 6. The maximum atomic E-state index is 11.8. The lowest BCUT2D eigenvalue weighted by atomic mass is 9.97. The van der Waals surface area contributed by atoms with E-state index in [2.05, 4.69) is 26.0 Å². The SMILES string of the molecule is CCCC(N)C(=O)Cc1ccc(C(C)C)cc1. The average molecular weight is 233 g/mol. The smallest absolute Gasteiger partial charge is 0.153 e. The quantitative estimate of drug-likeness (QED) is 0.820. The van der Waals surface area contributed by atoms with E-state index in [1.54, 1.807) is 0 Å². The summed E-state index contributed by atoms with van der Waals surface area (Å²) in [6.45, 7) is 6.37. The molecule has 1 aromatic rings. The average Bonchev–Trinajstić information content (AvgIpc) is 2.30. The van der Waals surface area contributed by atoms with Gasteiger partial charge in [0.25, 0.3) is 0 Å². The number of benzene rings is 1. The van der Waals surface area contributed by atoms with Gasteiger partial charge in [-0.3, -0.25) is 4.79 Å². The van der Waals surface area contributed by atoms with Crippen molar-refractivity contribution >= 4 is 5.78 Å². The zero-order valence-electron chi connectivity index (χ0n) is 11.1. The van der Waals surface area contributed by atoms with E-state index in [1.165, 1.54) is 5.56 Å². The van der Waals surface area contributed by atoms with E-state index in [4.69, 9.17) is 5.73 Å². The molecule has 1 atom stereocenters. The molecular weight excluding hydrogens is 210 g/mol. The van der Waals surface area contributed by atoms with E-state index in [0.717, 1.165) is 18.4 Å². The topological polar surface area (TPSA) is 43.1 Å². The minimum absolute atomic E-state index is 0.143. The highest BCUT2D eigenvalue weighted by atomic mass is 16.1. The fourth-order valence-electron chi connectivity index (χ4n) is 1.82. The second-order valence-electron chi connectivity index (χ2n) is 4.93. The Hall–Kier alpha value is -1.15. The van der Waals surface area contributed by atoms with Gasteiger partial charge in [-0.15, -0.1) is 0 Å². The summed E-state index contributed by atoms with van der Waals surface area (Å²) >= 11 is 0. The second-order valence-corrected chi connectivity index (χ2v) is 4.93. The molecule has 0 bridgehead atoms. The van der Waals surface area contributed by atoms with Crippen LogP contribution >= 0.6 is 0 Å². The van der Waals surface area contributed by atoms with Crippen LogP contribution in [0.15, 0.2) is 24.3 Å². The number of hydrogen-bond acceptors (Lipinski definition) is 2. The van der Waals surface area contributed by atoms with Gasteiger partial charge in [0.2, 0.25) is 0 Å². The lowest BCUT2D eigenvalue weighted by Crippen LogP contribution is -2.31. The van der Waals surface area contributed by atoms with E-state index in [0.29, 0.717) is 12.3 Å². The van der Waals surface area contributed by atoms with E-state index >= 15 is 0 Å². The molecule has 0 aliphatic heterocycles. The van der Waals surface area contributed by atoms with E-state index in [-0.39, 0.29) is 11.8 Å². The van der Waals surface area contributed by atoms with Gasteiger partial charge in [0.1, 0.15) is 0 Å². The van der Waals surface area contributed by atoms with E-state index < -0.39 is 0 Å². The molecule has 2 N–H and O–H groups in total. The van der Waals surface area contributed by atoms with Gasteiger partial charge in [-0.1, -0.05) is 51.5 Å². The van der Waals surface area contributed by atoms with Crippen molar-refractivity contribution in [1.82, 2.24) is 0 Å². The number of carbonyl (C=O) groups excluding carboxylic acids is 1. The molecule has 0 aromatic heterocycles. The number of carbonyl (C=O) groups is 1. The minimum Gasteiger partial charge on any atom is -0.321 e. The fourth-order valence-corrected chi connectivity index (χ4v) is 1.82. The molecule has 0 saturated heterocycles. The molecule has 0 saturated carbocycles. The van der Waals surface area contributed by atoms with Crippen molar-refractivity contribution in [2.75, 3.05) is 0 Å². The van der Waals surface area contributed by atoms with Crippen LogP contribution in [-0.2, 0) is 11.2 Å². The molecule has 0 fully saturated rings. The monoisotopic (exact) mass is 233 g/mol. The number of Topliss-reactive ketones (excluding diaryl/α,β-unsaturated/α-hetero) is 1. The van der Waals surface area contributed by atoms with Gasteiger partial charge in [0, 0.05) is 6.42 Å². The largest absolute Gasteiger partial charge is 0.321 e. The molecule has 2 nitrogen and oxygen atoms in total. The second kappa shape index (κ2) is 6.55. The van der Waals surface area contributed by atoms with Crippen molar-refractivity contribution in [1.29, 1.82) is 0 Å². The van der Waals surface area contributed by atoms with Gasteiger partial charge >= 0.3 is 0 Å². The van der Waals surface area contributed by atoms with Crippen LogP contribution in [0.4, 0.5) is 0 Å². The first kappa shape index (κ1) is 13.9. The van der Waals surface area contributed by atoms with Crippen LogP contribution in [0.3, 0.4) is 0 Å². The Morgan fingerprint density at radius 2 is 1.82 bits per heavy atom. The molecule has 0 aliphatic carbocycles. The lowest BCUT2D eigenvalue weighted by Gasteiger charge is -2.10. The molecule has 0 spiro atoms. The van der Waals surface area contributed by atoms with Crippen molar-refractivity contribution in [2.24, 2.45) is 5.73 Å². The van der Waals surface area contributed by atoms with Crippen LogP contribution in [0, 0.1) is 0 Å². The Bertz CT molecular complexity index is 354. The van der Waals surface area contributed by atoms with Crippen molar-refractivity contribution in [3.05, 3.63) is 35.4 Å². The highest BCUT2D eigenvalue weighted by Crippen LogP contribution is 2.15. The molecule has 2 heteroatoms. The predicted molar refractivity (Wildman–Crippen MR) is 72.1 cm³/mol. The molecule has 94 valence electrons. The Labute approximate surface area is 104 Å². The Morgan fingerprint density at radius 3 is 2.29 bits per heavy atom.